The van der Waals surface area contributed by atoms with E-state index in [1.54, 1.807) is 18.1 Å². The van der Waals surface area contributed by atoms with Crippen LogP contribution in [-0.2, 0) is 0 Å². The van der Waals surface area contributed by atoms with E-state index >= 15 is 0 Å². The van der Waals surface area contributed by atoms with E-state index in [4.69, 9.17) is 0 Å². The van der Waals surface area contributed by atoms with Crippen molar-refractivity contribution in [3.8, 4) is 0 Å². The van der Waals surface area contributed by atoms with Crippen LogP contribution in [0.15, 0.2) is 53.7 Å². The van der Waals surface area contributed by atoms with Crippen molar-refractivity contribution in [1.82, 2.24) is 9.97 Å². The first-order chi connectivity index (χ1) is 10.3. The van der Waals surface area contributed by atoms with E-state index in [1.807, 2.05) is 41.3 Å². The Morgan fingerprint density at radius 1 is 1.24 bits per heavy atom. The van der Waals surface area contributed by atoms with Gasteiger partial charge in [-0.15, -0.1) is 11.8 Å². The van der Waals surface area contributed by atoms with E-state index in [-0.39, 0.29) is 5.91 Å². The average molecular weight is 295 g/mol. The summed E-state index contributed by atoms with van der Waals surface area (Å²) in [4.78, 5) is 23.1. The van der Waals surface area contributed by atoms with Gasteiger partial charge in [0.25, 0.3) is 5.91 Å². The van der Waals surface area contributed by atoms with Crippen LogP contribution >= 0.6 is 11.8 Å². The molecule has 2 aromatic carbocycles. The standard InChI is InChI=1S/C16H13N3OS/c20-16(11-5-6-12-13(9-11)18-10-17-12)19-7-8-21-15-4-2-1-3-14(15)19/h1-6,9-10H,7-8H2,(H,17,18). The number of imidazole rings is 1. The zero-order valence-electron chi connectivity index (χ0n) is 11.2. The van der Waals surface area contributed by atoms with E-state index in [0.29, 0.717) is 5.56 Å². The molecule has 0 saturated carbocycles. The zero-order valence-corrected chi connectivity index (χ0v) is 12.1. The maximum atomic E-state index is 12.8. The number of H-pyrrole nitrogens is 1. The lowest BCUT2D eigenvalue weighted by molar-refractivity contribution is 0.0988. The minimum absolute atomic E-state index is 0.0410. The predicted molar refractivity (Wildman–Crippen MR) is 84.9 cm³/mol. The Kier molecular flexibility index (Phi) is 2.93. The van der Waals surface area contributed by atoms with Gasteiger partial charge in [0.2, 0.25) is 0 Å². The van der Waals surface area contributed by atoms with Crippen molar-refractivity contribution in [3.63, 3.8) is 0 Å². The van der Waals surface area contributed by atoms with Crippen LogP contribution in [0.3, 0.4) is 0 Å². The maximum Gasteiger partial charge on any atom is 0.258 e. The molecular weight excluding hydrogens is 282 g/mol. The van der Waals surface area contributed by atoms with Gasteiger partial charge in [-0.05, 0) is 30.3 Å². The van der Waals surface area contributed by atoms with E-state index in [0.717, 1.165) is 29.0 Å². The fourth-order valence-corrected chi connectivity index (χ4v) is 3.60. The van der Waals surface area contributed by atoms with Crippen LogP contribution in [-0.4, -0.2) is 28.2 Å². The molecule has 3 aromatic rings. The number of nitrogens with one attached hydrogen (secondary N) is 1. The van der Waals surface area contributed by atoms with E-state index in [1.165, 1.54) is 4.90 Å². The number of amides is 1. The van der Waals surface area contributed by atoms with Crippen LogP contribution in [0.1, 0.15) is 10.4 Å². The molecule has 0 saturated heterocycles. The van der Waals surface area contributed by atoms with Crippen molar-refractivity contribution < 1.29 is 4.79 Å². The van der Waals surface area contributed by atoms with Gasteiger partial charge in [0.15, 0.2) is 0 Å². The van der Waals surface area contributed by atoms with E-state index in [9.17, 15) is 4.79 Å². The van der Waals surface area contributed by atoms with Crippen LogP contribution in [0, 0.1) is 0 Å². The van der Waals surface area contributed by atoms with Crippen molar-refractivity contribution in [2.75, 3.05) is 17.2 Å². The minimum atomic E-state index is 0.0410. The van der Waals surface area contributed by atoms with Gasteiger partial charge >= 0.3 is 0 Å². The molecule has 0 atom stereocenters. The van der Waals surface area contributed by atoms with Crippen molar-refractivity contribution in [1.29, 1.82) is 0 Å². The fraction of sp³-hybridized carbons (Fsp3) is 0.125. The predicted octanol–water partition coefficient (Wildman–Crippen LogP) is 3.32. The normalized spacial score (nSPS) is 14.2. The summed E-state index contributed by atoms with van der Waals surface area (Å²) in [6.07, 6.45) is 1.64. The van der Waals surface area contributed by atoms with Crippen LogP contribution in [0.5, 0.6) is 0 Å². The summed E-state index contributed by atoms with van der Waals surface area (Å²) in [5.74, 6) is 0.967. The van der Waals surface area contributed by atoms with Gasteiger partial charge < -0.3 is 9.88 Å². The molecule has 0 spiro atoms. The van der Waals surface area contributed by atoms with Gasteiger partial charge in [-0.1, -0.05) is 12.1 Å². The Bertz CT molecular complexity index is 827. The molecule has 0 radical (unpaired) electrons. The van der Waals surface area contributed by atoms with Crippen molar-refractivity contribution in [2.24, 2.45) is 0 Å². The highest BCUT2D eigenvalue weighted by atomic mass is 32.2. The first-order valence-corrected chi connectivity index (χ1v) is 7.78. The SMILES string of the molecule is O=C(c1ccc2nc[nH]c2c1)N1CCSc2ccccc21. The fourth-order valence-electron chi connectivity index (χ4n) is 2.60. The van der Waals surface area contributed by atoms with Crippen molar-refractivity contribution in [2.45, 2.75) is 4.90 Å². The molecule has 0 bridgehead atoms. The van der Waals surface area contributed by atoms with Gasteiger partial charge in [-0.25, -0.2) is 4.98 Å². The van der Waals surface area contributed by atoms with Gasteiger partial charge in [0.1, 0.15) is 0 Å². The second-order valence-corrected chi connectivity index (χ2v) is 6.04. The van der Waals surface area contributed by atoms with Crippen LogP contribution < -0.4 is 4.90 Å². The van der Waals surface area contributed by atoms with E-state index in [2.05, 4.69) is 16.0 Å². The molecule has 1 aliphatic heterocycles. The summed E-state index contributed by atoms with van der Waals surface area (Å²) in [6, 6.07) is 13.7. The van der Waals surface area contributed by atoms with E-state index < -0.39 is 0 Å². The Morgan fingerprint density at radius 2 is 2.14 bits per heavy atom. The lowest BCUT2D eigenvalue weighted by Crippen LogP contribution is -2.35. The molecular formula is C16H13N3OS. The number of thioether (sulfide) groups is 1. The first kappa shape index (κ1) is 12.5. The first-order valence-electron chi connectivity index (χ1n) is 6.80. The third-order valence-corrected chi connectivity index (χ3v) is 4.68. The largest absolute Gasteiger partial charge is 0.345 e. The average Bonchev–Trinajstić information content (AvgIpc) is 3.01. The molecule has 1 N–H and O–H groups in total. The summed E-state index contributed by atoms with van der Waals surface area (Å²) in [5.41, 5.74) is 3.46. The molecule has 1 aromatic heterocycles. The highest BCUT2D eigenvalue weighted by Crippen LogP contribution is 2.35. The number of hydrogen-bond acceptors (Lipinski definition) is 3. The number of aromatic amines is 1. The number of rotatable bonds is 1. The maximum absolute atomic E-state index is 12.8. The van der Waals surface area contributed by atoms with Crippen LogP contribution in [0.25, 0.3) is 11.0 Å². The number of carbonyl (C=O) groups excluding carboxylic acids is 1. The number of aromatic nitrogens is 2. The Morgan fingerprint density at radius 3 is 3.10 bits per heavy atom. The molecule has 104 valence electrons. The summed E-state index contributed by atoms with van der Waals surface area (Å²) < 4.78 is 0. The number of anilines is 1. The third kappa shape index (κ3) is 2.10. The molecule has 2 heterocycles. The number of nitrogens with zero attached hydrogens (tertiary/aromatic N) is 2. The van der Waals surface area contributed by atoms with Gasteiger partial charge in [-0.2, -0.15) is 0 Å². The summed E-state index contributed by atoms with van der Waals surface area (Å²) in [7, 11) is 0. The number of carbonyl (C=O) groups is 1. The number of hydrogen-bond donors (Lipinski definition) is 1. The van der Waals surface area contributed by atoms with Gasteiger partial charge in [0.05, 0.1) is 23.0 Å². The zero-order chi connectivity index (χ0) is 14.2. The summed E-state index contributed by atoms with van der Waals surface area (Å²) in [6.45, 7) is 0.738. The number of para-hydroxylation sites is 1. The van der Waals surface area contributed by atoms with Crippen molar-refractivity contribution >= 4 is 34.4 Å². The van der Waals surface area contributed by atoms with Gasteiger partial charge in [-0.3, -0.25) is 4.79 Å². The lowest BCUT2D eigenvalue weighted by Gasteiger charge is -2.29. The van der Waals surface area contributed by atoms with Gasteiger partial charge in [0, 0.05) is 22.8 Å². The Balaban J connectivity index is 1.75. The summed E-state index contributed by atoms with van der Waals surface area (Å²) >= 11 is 1.80. The lowest BCUT2D eigenvalue weighted by atomic mass is 10.1. The topological polar surface area (TPSA) is 49.0 Å². The number of fused-ring (bicyclic) bond motifs is 2. The minimum Gasteiger partial charge on any atom is -0.345 e. The molecule has 4 nitrogen and oxygen atoms in total. The van der Waals surface area contributed by atoms with Crippen LogP contribution in [0.4, 0.5) is 5.69 Å². The molecule has 0 unspecified atom stereocenters. The molecule has 0 fully saturated rings. The third-order valence-electron chi connectivity index (χ3n) is 3.64. The highest BCUT2D eigenvalue weighted by Gasteiger charge is 2.23. The summed E-state index contributed by atoms with van der Waals surface area (Å²) in [5, 5.41) is 0. The smallest absolute Gasteiger partial charge is 0.258 e. The molecule has 0 aliphatic carbocycles. The Hall–Kier alpha value is -2.27. The molecule has 4 rings (SSSR count). The number of benzene rings is 2. The monoisotopic (exact) mass is 295 g/mol. The molecule has 1 aliphatic rings. The molecule has 1 amide bonds. The highest BCUT2D eigenvalue weighted by molar-refractivity contribution is 7.99. The van der Waals surface area contributed by atoms with Crippen LogP contribution in [0.2, 0.25) is 0 Å². The van der Waals surface area contributed by atoms with Crippen molar-refractivity contribution in [3.05, 3.63) is 54.4 Å². The quantitative estimate of drug-likeness (QED) is 0.749. The Labute approximate surface area is 126 Å². The molecule has 5 heteroatoms. The second kappa shape index (κ2) is 4.93. The molecule has 21 heavy (non-hydrogen) atoms. The second-order valence-electron chi connectivity index (χ2n) is 4.91.